The molecule has 9 heteroatoms. The second-order valence-electron chi connectivity index (χ2n) is 8.68. The minimum Gasteiger partial charge on any atom is -0.464 e. The number of likely N-dealkylation sites (tertiary alicyclic amines) is 1. The maximum absolute atomic E-state index is 13.8. The van der Waals surface area contributed by atoms with Gasteiger partial charge in [-0.25, -0.2) is 14.4 Å². The molecule has 0 bridgehead atoms. The van der Waals surface area contributed by atoms with E-state index in [-0.39, 0.29) is 13.2 Å². The lowest BCUT2D eigenvalue weighted by molar-refractivity contribution is -0.181. The number of oxazole rings is 1. The van der Waals surface area contributed by atoms with E-state index in [9.17, 15) is 19.2 Å². The van der Waals surface area contributed by atoms with E-state index in [1.165, 1.54) is 9.47 Å². The Bertz CT molecular complexity index is 1340. The molecule has 9 nitrogen and oxygen atoms in total. The molecule has 1 aliphatic rings. The van der Waals surface area contributed by atoms with E-state index < -0.39 is 41.7 Å². The van der Waals surface area contributed by atoms with Gasteiger partial charge in [-0.1, -0.05) is 66.7 Å². The van der Waals surface area contributed by atoms with Gasteiger partial charge in [0.05, 0.1) is 24.9 Å². The largest absolute Gasteiger partial charge is 0.464 e. The van der Waals surface area contributed by atoms with Crippen LogP contribution in [0.25, 0.3) is 22.6 Å². The lowest BCUT2D eigenvalue weighted by Gasteiger charge is -2.49. The number of hydrogen-bond acceptors (Lipinski definition) is 7. The average Bonchev–Trinajstić information content (AvgIpc) is 3.26. The smallest absolute Gasteiger partial charge is 0.420 e. The number of amides is 1. The summed E-state index contributed by atoms with van der Waals surface area (Å²) in [5.41, 5.74) is 1.79. The van der Waals surface area contributed by atoms with Crippen molar-refractivity contribution in [2.24, 2.45) is 0 Å². The normalized spacial score (nSPS) is 16.7. The minimum atomic E-state index is -1.58. The average molecular weight is 519 g/mol. The highest BCUT2D eigenvalue weighted by Gasteiger charge is 2.57. The van der Waals surface area contributed by atoms with E-state index in [0.29, 0.717) is 35.4 Å². The minimum absolute atomic E-state index is 0.0251. The van der Waals surface area contributed by atoms with E-state index in [1.807, 2.05) is 60.7 Å². The second-order valence-corrected chi connectivity index (χ2v) is 8.68. The molecule has 2 heterocycles. The van der Waals surface area contributed by atoms with Gasteiger partial charge in [0.15, 0.2) is 5.76 Å². The summed E-state index contributed by atoms with van der Waals surface area (Å²) in [6.07, 6.45) is 2.50. The van der Waals surface area contributed by atoms with Crippen molar-refractivity contribution in [3.8, 4) is 22.6 Å². The van der Waals surface area contributed by atoms with Gasteiger partial charge in [0, 0.05) is 11.1 Å². The molecule has 1 fully saturated rings. The Balaban J connectivity index is 1.86. The number of carbonyl (C=O) groups is 3. The first-order chi connectivity index (χ1) is 18.4. The molecule has 2 atom stereocenters. The van der Waals surface area contributed by atoms with E-state index in [4.69, 9.17) is 13.9 Å². The summed E-state index contributed by atoms with van der Waals surface area (Å²) in [7, 11) is 0. The van der Waals surface area contributed by atoms with Crippen LogP contribution in [0.3, 0.4) is 0 Å². The number of allylic oxidation sites excluding steroid dienone is 1. The summed E-state index contributed by atoms with van der Waals surface area (Å²) in [5, 5.41) is 0. The predicted molar refractivity (Wildman–Crippen MR) is 140 cm³/mol. The molecule has 0 aliphatic carbocycles. The third-order valence-electron chi connectivity index (χ3n) is 6.40. The fourth-order valence-electron chi connectivity index (χ4n) is 4.79. The number of esters is 2. The van der Waals surface area contributed by atoms with Crippen LogP contribution in [0.15, 0.2) is 82.5 Å². The van der Waals surface area contributed by atoms with E-state index in [1.54, 1.807) is 19.9 Å². The quantitative estimate of drug-likeness (QED) is 0.163. The molecule has 4 rings (SSSR count). The van der Waals surface area contributed by atoms with Crippen LogP contribution < -0.4 is 5.76 Å². The molecule has 38 heavy (non-hydrogen) atoms. The lowest BCUT2D eigenvalue weighted by atomic mass is 9.87. The number of hydrogen-bond donors (Lipinski definition) is 0. The molecule has 0 saturated carbocycles. The molecule has 0 unspecified atom stereocenters. The predicted octanol–water partition coefficient (Wildman–Crippen LogP) is 3.99. The van der Waals surface area contributed by atoms with Crippen molar-refractivity contribution >= 4 is 17.8 Å². The fourth-order valence-corrected chi connectivity index (χ4v) is 4.79. The van der Waals surface area contributed by atoms with Crippen molar-refractivity contribution in [1.29, 1.82) is 0 Å². The summed E-state index contributed by atoms with van der Waals surface area (Å²) >= 11 is 0. The number of carbonyl (C=O) groups excluding carboxylic acids is 3. The van der Waals surface area contributed by atoms with Gasteiger partial charge in [-0.05, 0) is 26.7 Å². The second kappa shape index (κ2) is 11.8. The van der Waals surface area contributed by atoms with Gasteiger partial charge in [0.2, 0.25) is 11.9 Å². The van der Waals surface area contributed by atoms with Crippen LogP contribution in [0.2, 0.25) is 0 Å². The van der Waals surface area contributed by atoms with Crippen LogP contribution in [-0.2, 0) is 23.9 Å². The molecule has 2 aromatic carbocycles. The molecule has 1 amide bonds. The number of aromatic nitrogens is 1. The molecule has 1 saturated heterocycles. The Morgan fingerprint density at radius 1 is 0.947 bits per heavy atom. The van der Waals surface area contributed by atoms with Gasteiger partial charge in [-0.15, -0.1) is 6.58 Å². The summed E-state index contributed by atoms with van der Waals surface area (Å²) in [4.78, 5) is 53.9. The molecular formula is C29H30N2O7. The third kappa shape index (κ3) is 4.91. The van der Waals surface area contributed by atoms with Crippen molar-refractivity contribution in [3.63, 3.8) is 0 Å². The first-order valence-electron chi connectivity index (χ1n) is 12.6. The van der Waals surface area contributed by atoms with Gasteiger partial charge < -0.3 is 18.8 Å². The molecule has 1 aliphatic heterocycles. The zero-order valence-electron chi connectivity index (χ0n) is 21.4. The summed E-state index contributed by atoms with van der Waals surface area (Å²) in [6.45, 7) is 7.03. The third-order valence-corrected chi connectivity index (χ3v) is 6.40. The molecule has 3 aromatic rings. The molecule has 0 spiro atoms. The molecular weight excluding hydrogens is 488 g/mol. The van der Waals surface area contributed by atoms with Crippen LogP contribution in [0.5, 0.6) is 0 Å². The Kier molecular flexibility index (Phi) is 8.25. The summed E-state index contributed by atoms with van der Waals surface area (Å²) < 4.78 is 17.3. The number of ether oxygens (including phenoxy) is 2. The monoisotopic (exact) mass is 518 g/mol. The molecule has 1 aromatic heterocycles. The van der Waals surface area contributed by atoms with Crippen molar-refractivity contribution in [3.05, 3.63) is 83.9 Å². The van der Waals surface area contributed by atoms with E-state index >= 15 is 0 Å². The van der Waals surface area contributed by atoms with E-state index in [0.717, 1.165) is 0 Å². The zero-order chi connectivity index (χ0) is 27.2. The van der Waals surface area contributed by atoms with Crippen LogP contribution in [0.1, 0.15) is 32.7 Å². The Hall–Kier alpha value is -4.40. The van der Waals surface area contributed by atoms with Gasteiger partial charge in [0.1, 0.15) is 6.04 Å². The number of rotatable bonds is 11. The number of benzene rings is 2. The highest BCUT2D eigenvalue weighted by molar-refractivity contribution is 6.05. The van der Waals surface area contributed by atoms with Crippen molar-refractivity contribution in [1.82, 2.24) is 9.47 Å². The van der Waals surface area contributed by atoms with Crippen LogP contribution in [0.4, 0.5) is 0 Å². The fraction of sp³-hybridized carbons (Fsp3) is 0.310. The maximum atomic E-state index is 13.8. The Morgan fingerprint density at radius 2 is 1.50 bits per heavy atom. The highest BCUT2D eigenvalue weighted by Crippen LogP contribution is 2.41. The van der Waals surface area contributed by atoms with Gasteiger partial charge in [-0.3, -0.25) is 9.36 Å². The standard InChI is InChI=1S/C29H30N2O7/c1-4-7-18-21-23(26(32)30(21)24(27(33)36-5-2)28(34)37-6-3)31-22(19-14-10-8-11-15-19)25(38-29(31)35)20-16-12-9-13-17-20/h4,8-17,21,23-24H,1,5-7,18H2,2-3H3/t21-,23+/m1/s1. The lowest BCUT2D eigenvalue weighted by Crippen LogP contribution is -2.69. The Morgan fingerprint density at radius 3 is 2.03 bits per heavy atom. The van der Waals surface area contributed by atoms with Crippen molar-refractivity contribution in [2.75, 3.05) is 13.2 Å². The maximum Gasteiger partial charge on any atom is 0.420 e. The van der Waals surface area contributed by atoms with E-state index in [2.05, 4.69) is 6.58 Å². The molecule has 198 valence electrons. The summed E-state index contributed by atoms with van der Waals surface area (Å²) in [6, 6.07) is 15.0. The topological polar surface area (TPSA) is 108 Å². The highest BCUT2D eigenvalue weighted by atomic mass is 16.6. The van der Waals surface area contributed by atoms with Crippen LogP contribution in [0, 0.1) is 0 Å². The van der Waals surface area contributed by atoms with Crippen LogP contribution in [-0.4, -0.2) is 52.6 Å². The van der Waals surface area contributed by atoms with Gasteiger partial charge >= 0.3 is 17.7 Å². The first kappa shape index (κ1) is 26.7. The SMILES string of the molecule is C=CCC[C@@H]1[C@H](n2c(-c3ccccc3)c(-c3ccccc3)oc2=O)C(=O)N1C(C(=O)OCC)C(=O)OCC. The zero-order valence-corrected chi connectivity index (χ0v) is 21.4. The molecule has 0 radical (unpaired) electrons. The number of nitrogens with zero attached hydrogens (tertiary/aromatic N) is 2. The Labute approximate surface area is 220 Å². The summed E-state index contributed by atoms with van der Waals surface area (Å²) in [5.74, 6) is -2.73. The number of β-lactam (4-membered cyclic amide) rings is 1. The first-order valence-corrected chi connectivity index (χ1v) is 12.6. The van der Waals surface area contributed by atoms with Crippen molar-refractivity contribution < 1.29 is 28.3 Å². The molecule has 0 N–H and O–H groups in total. The van der Waals surface area contributed by atoms with Gasteiger partial charge in [0.25, 0.3) is 0 Å². The van der Waals surface area contributed by atoms with Crippen molar-refractivity contribution in [2.45, 2.75) is 44.8 Å². The van der Waals surface area contributed by atoms with Gasteiger partial charge in [-0.2, -0.15) is 0 Å². The van der Waals surface area contributed by atoms with Crippen LogP contribution >= 0.6 is 0 Å².